The summed E-state index contributed by atoms with van der Waals surface area (Å²) in [4.78, 5) is 14.9. The second kappa shape index (κ2) is 7.81. The van der Waals surface area contributed by atoms with E-state index >= 15 is 0 Å². The summed E-state index contributed by atoms with van der Waals surface area (Å²) in [5.41, 5.74) is 1.65. The van der Waals surface area contributed by atoms with Gasteiger partial charge in [0.1, 0.15) is 11.4 Å². The lowest BCUT2D eigenvalue weighted by molar-refractivity contribution is 0.340. The molecule has 0 saturated heterocycles. The Morgan fingerprint density at radius 2 is 1.88 bits per heavy atom. The van der Waals surface area contributed by atoms with E-state index in [9.17, 15) is 4.79 Å². The molecule has 0 saturated carbocycles. The predicted octanol–water partition coefficient (Wildman–Crippen LogP) is 3.55. The maximum atomic E-state index is 12.2. The topological polar surface area (TPSA) is 79.9 Å². The van der Waals surface area contributed by atoms with Crippen LogP contribution in [0.5, 0.6) is 5.75 Å². The zero-order chi connectivity index (χ0) is 17.6. The Kier molecular flexibility index (Phi) is 5.30. The molecule has 0 amide bonds. The van der Waals surface area contributed by atoms with Crippen LogP contribution in [0.15, 0.2) is 53.3 Å². The first kappa shape index (κ1) is 17.0. The van der Waals surface area contributed by atoms with Gasteiger partial charge in [0.2, 0.25) is 5.95 Å². The number of halogens is 1. The molecule has 0 fully saturated rings. The number of ether oxygens (including phenoxy) is 1. The quantitative estimate of drug-likeness (QED) is 0.706. The van der Waals surface area contributed by atoms with Crippen molar-refractivity contribution in [2.45, 2.75) is 13.3 Å². The zero-order valence-corrected chi connectivity index (χ0v) is 14.4. The summed E-state index contributed by atoms with van der Waals surface area (Å²) in [6, 6.07) is 14.7. The summed E-state index contributed by atoms with van der Waals surface area (Å²) in [5, 5.41) is 11.5. The van der Waals surface area contributed by atoms with Crippen LogP contribution in [0.1, 0.15) is 18.2 Å². The number of rotatable bonds is 6. The van der Waals surface area contributed by atoms with Gasteiger partial charge in [-0.1, -0.05) is 35.9 Å². The minimum atomic E-state index is -0.293. The Balaban J connectivity index is 1.73. The standard InChI is InChI=1S/C18H17ClN4O2/c1-2-25-13-9-7-12(8-10-13)11-16-17(24)21-18(23-22-16)20-15-6-4-3-5-14(15)19/h3-10H,2,11H2,1H3,(H2,20,21,23,24). The van der Waals surface area contributed by atoms with E-state index in [0.717, 1.165) is 11.3 Å². The molecule has 0 bridgehead atoms. The predicted molar refractivity (Wildman–Crippen MR) is 97.8 cm³/mol. The van der Waals surface area contributed by atoms with Crippen LogP contribution >= 0.6 is 11.6 Å². The van der Waals surface area contributed by atoms with Crippen LogP contribution < -0.4 is 15.6 Å². The number of H-pyrrole nitrogens is 1. The lowest BCUT2D eigenvalue weighted by Gasteiger charge is -2.07. The molecule has 0 aliphatic rings. The zero-order valence-electron chi connectivity index (χ0n) is 13.6. The van der Waals surface area contributed by atoms with E-state index in [-0.39, 0.29) is 11.5 Å². The second-order valence-corrected chi connectivity index (χ2v) is 5.72. The van der Waals surface area contributed by atoms with Gasteiger partial charge in [-0.2, -0.15) is 0 Å². The molecule has 0 atom stereocenters. The van der Waals surface area contributed by atoms with E-state index in [4.69, 9.17) is 16.3 Å². The highest BCUT2D eigenvalue weighted by Crippen LogP contribution is 2.22. The molecule has 7 heteroatoms. The van der Waals surface area contributed by atoms with Crippen LogP contribution in [0.3, 0.4) is 0 Å². The Labute approximate surface area is 149 Å². The maximum absolute atomic E-state index is 12.2. The summed E-state index contributed by atoms with van der Waals surface area (Å²) < 4.78 is 5.40. The maximum Gasteiger partial charge on any atom is 0.274 e. The fraction of sp³-hybridized carbons (Fsp3) is 0.167. The smallest absolute Gasteiger partial charge is 0.274 e. The van der Waals surface area contributed by atoms with E-state index < -0.39 is 0 Å². The molecular formula is C18H17ClN4O2. The van der Waals surface area contributed by atoms with Gasteiger partial charge in [0, 0.05) is 6.42 Å². The van der Waals surface area contributed by atoms with Crippen LogP contribution in [0.2, 0.25) is 5.02 Å². The number of benzene rings is 2. The normalized spacial score (nSPS) is 10.5. The van der Waals surface area contributed by atoms with Gasteiger partial charge in [0.25, 0.3) is 5.56 Å². The molecule has 0 aliphatic heterocycles. The van der Waals surface area contributed by atoms with E-state index in [1.54, 1.807) is 12.1 Å². The van der Waals surface area contributed by atoms with Gasteiger partial charge in [-0.15, -0.1) is 10.2 Å². The number of nitrogens with one attached hydrogen (secondary N) is 2. The van der Waals surface area contributed by atoms with E-state index in [0.29, 0.717) is 29.4 Å². The first-order valence-corrected chi connectivity index (χ1v) is 8.22. The number of aromatic amines is 1. The monoisotopic (exact) mass is 356 g/mol. The number of anilines is 2. The number of hydrogen-bond donors (Lipinski definition) is 2. The number of nitrogens with zero attached hydrogens (tertiary/aromatic N) is 2. The fourth-order valence-corrected chi connectivity index (χ4v) is 2.47. The van der Waals surface area contributed by atoms with E-state index in [2.05, 4.69) is 20.5 Å². The van der Waals surface area contributed by atoms with Crippen molar-refractivity contribution in [2.24, 2.45) is 0 Å². The number of aromatic nitrogens is 3. The van der Waals surface area contributed by atoms with Gasteiger partial charge in [-0.25, -0.2) is 0 Å². The Hall–Kier alpha value is -2.86. The van der Waals surface area contributed by atoms with Crippen molar-refractivity contribution in [3.63, 3.8) is 0 Å². The van der Waals surface area contributed by atoms with Crippen LogP contribution in [0.25, 0.3) is 0 Å². The highest BCUT2D eigenvalue weighted by atomic mass is 35.5. The van der Waals surface area contributed by atoms with Crippen molar-refractivity contribution in [3.8, 4) is 5.75 Å². The van der Waals surface area contributed by atoms with Crippen LogP contribution in [-0.2, 0) is 6.42 Å². The summed E-state index contributed by atoms with van der Waals surface area (Å²) >= 11 is 6.07. The molecule has 0 unspecified atom stereocenters. The van der Waals surface area contributed by atoms with Gasteiger partial charge in [0.05, 0.1) is 17.3 Å². The van der Waals surface area contributed by atoms with Crippen molar-refractivity contribution < 1.29 is 4.74 Å². The van der Waals surface area contributed by atoms with Crippen molar-refractivity contribution in [1.82, 2.24) is 15.2 Å². The molecule has 0 spiro atoms. The lowest BCUT2D eigenvalue weighted by Crippen LogP contribution is -2.18. The fourth-order valence-electron chi connectivity index (χ4n) is 2.29. The van der Waals surface area contributed by atoms with Crippen molar-refractivity contribution in [2.75, 3.05) is 11.9 Å². The Bertz CT molecular complexity index is 909. The molecule has 3 rings (SSSR count). The molecule has 2 N–H and O–H groups in total. The largest absolute Gasteiger partial charge is 0.494 e. The van der Waals surface area contributed by atoms with E-state index in [1.807, 2.05) is 43.3 Å². The third-order valence-electron chi connectivity index (χ3n) is 3.50. The highest BCUT2D eigenvalue weighted by Gasteiger charge is 2.08. The summed E-state index contributed by atoms with van der Waals surface area (Å²) in [6.45, 7) is 2.55. The van der Waals surface area contributed by atoms with Crippen molar-refractivity contribution in [1.29, 1.82) is 0 Å². The first-order valence-electron chi connectivity index (χ1n) is 7.85. The van der Waals surface area contributed by atoms with Crippen LogP contribution in [-0.4, -0.2) is 21.8 Å². The third-order valence-corrected chi connectivity index (χ3v) is 3.83. The van der Waals surface area contributed by atoms with Crippen LogP contribution in [0.4, 0.5) is 11.6 Å². The second-order valence-electron chi connectivity index (χ2n) is 5.31. The van der Waals surface area contributed by atoms with Crippen molar-refractivity contribution in [3.05, 3.63) is 75.2 Å². The summed E-state index contributed by atoms with van der Waals surface area (Å²) in [6.07, 6.45) is 0.390. The number of hydrogen-bond acceptors (Lipinski definition) is 5. The molecule has 0 radical (unpaired) electrons. The molecule has 128 valence electrons. The average molecular weight is 357 g/mol. The van der Waals surface area contributed by atoms with Gasteiger partial charge >= 0.3 is 0 Å². The summed E-state index contributed by atoms with van der Waals surface area (Å²) in [5.74, 6) is 1.04. The van der Waals surface area contributed by atoms with Crippen LogP contribution in [0, 0.1) is 0 Å². The molecule has 2 aromatic carbocycles. The molecule has 3 aromatic rings. The Morgan fingerprint density at radius 3 is 2.56 bits per heavy atom. The molecular weight excluding hydrogens is 340 g/mol. The van der Waals surface area contributed by atoms with Gasteiger partial charge in [0.15, 0.2) is 0 Å². The molecule has 0 aliphatic carbocycles. The highest BCUT2D eigenvalue weighted by molar-refractivity contribution is 6.33. The number of para-hydroxylation sites is 1. The minimum absolute atomic E-state index is 0.244. The van der Waals surface area contributed by atoms with Gasteiger partial charge in [-0.3, -0.25) is 9.78 Å². The van der Waals surface area contributed by atoms with E-state index in [1.165, 1.54) is 0 Å². The molecule has 1 aromatic heterocycles. The SMILES string of the molecule is CCOc1ccc(Cc2nnc(Nc3ccccc3Cl)[nH]c2=O)cc1. The van der Waals surface area contributed by atoms with Crippen molar-refractivity contribution >= 4 is 23.2 Å². The van der Waals surface area contributed by atoms with Gasteiger partial charge < -0.3 is 10.1 Å². The van der Waals surface area contributed by atoms with Gasteiger partial charge in [-0.05, 0) is 36.8 Å². The lowest BCUT2D eigenvalue weighted by atomic mass is 10.1. The first-order chi connectivity index (χ1) is 12.2. The Morgan fingerprint density at radius 1 is 1.12 bits per heavy atom. The molecule has 6 nitrogen and oxygen atoms in total. The third kappa shape index (κ3) is 4.36. The minimum Gasteiger partial charge on any atom is -0.494 e. The summed E-state index contributed by atoms with van der Waals surface area (Å²) in [7, 11) is 0. The average Bonchev–Trinajstić information content (AvgIpc) is 2.61. The molecule has 1 heterocycles. The molecule has 25 heavy (non-hydrogen) atoms.